The molecule has 0 saturated heterocycles. The molecule has 0 bridgehead atoms. The van der Waals surface area contributed by atoms with Crippen LogP contribution in [0.4, 0.5) is 10.1 Å². The SMILES string of the molecule is CC(C)c1noc(-c2cc(=O)n(CC(=O)Nc3ccc(Cl)cc3F)c3ccccc23)n1. The number of amides is 1. The predicted molar refractivity (Wildman–Crippen MR) is 116 cm³/mol. The van der Waals surface area contributed by atoms with Crippen LogP contribution in [0.2, 0.25) is 5.02 Å². The average Bonchev–Trinajstić information content (AvgIpc) is 3.22. The van der Waals surface area contributed by atoms with Gasteiger partial charge in [0.1, 0.15) is 12.4 Å². The molecule has 0 saturated carbocycles. The molecule has 158 valence electrons. The van der Waals surface area contributed by atoms with Crippen LogP contribution >= 0.6 is 11.6 Å². The van der Waals surface area contributed by atoms with E-state index in [1.54, 1.807) is 18.2 Å². The van der Waals surface area contributed by atoms with Crippen LogP contribution in [0.3, 0.4) is 0 Å². The van der Waals surface area contributed by atoms with E-state index in [-0.39, 0.29) is 29.1 Å². The second-order valence-corrected chi connectivity index (χ2v) is 7.72. The van der Waals surface area contributed by atoms with Crippen molar-refractivity contribution in [3.8, 4) is 11.5 Å². The number of hydrogen-bond acceptors (Lipinski definition) is 5. The fraction of sp³-hybridized carbons (Fsp3) is 0.182. The molecular formula is C22H18ClFN4O3. The molecule has 0 unspecified atom stereocenters. The van der Waals surface area contributed by atoms with Gasteiger partial charge in [0.15, 0.2) is 5.82 Å². The maximum Gasteiger partial charge on any atom is 0.258 e. The lowest BCUT2D eigenvalue weighted by atomic mass is 10.1. The van der Waals surface area contributed by atoms with Gasteiger partial charge in [-0.15, -0.1) is 0 Å². The standard InChI is InChI=1S/C22H18ClFN4O3/c1-12(2)21-26-22(31-27-21)15-10-20(30)28(18-6-4-3-5-14(15)18)11-19(29)25-17-8-7-13(23)9-16(17)24/h3-10,12H,11H2,1-2H3,(H,25,29). The lowest BCUT2D eigenvalue weighted by molar-refractivity contribution is -0.116. The molecule has 31 heavy (non-hydrogen) atoms. The number of carbonyl (C=O) groups is 1. The van der Waals surface area contributed by atoms with E-state index in [2.05, 4.69) is 15.5 Å². The molecule has 1 N–H and O–H groups in total. The van der Waals surface area contributed by atoms with Crippen LogP contribution in [0.15, 0.2) is 57.8 Å². The van der Waals surface area contributed by atoms with Gasteiger partial charge in [0.2, 0.25) is 5.91 Å². The third-order valence-corrected chi connectivity index (χ3v) is 4.95. The van der Waals surface area contributed by atoms with Crippen LogP contribution in [-0.4, -0.2) is 20.6 Å². The van der Waals surface area contributed by atoms with E-state index in [1.165, 1.54) is 22.8 Å². The smallest absolute Gasteiger partial charge is 0.258 e. The summed E-state index contributed by atoms with van der Waals surface area (Å²) in [5.41, 5.74) is 0.557. The third-order valence-electron chi connectivity index (χ3n) is 4.71. The summed E-state index contributed by atoms with van der Waals surface area (Å²) in [7, 11) is 0. The molecule has 4 aromatic rings. The first-order valence-electron chi connectivity index (χ1n) is 9.55. The Morgan fingerprint density at radius 3 is 2.71 bits per heavy atom. The highest BCUT2D eigenvalue weighted by Gasteiger charge is 2.18. The summed E-state index contributed by atoms with van der Waals surface area (Å²) >= 11 is 5.74. The summed E-state index contributed by atoms with van der Waals surface area (Å²) in [6.45, 7) is 3.57. The van der Waals surface area contributed by atoms with Crippen LogP contribution < -0.4 is 10.9 Å². The van der Waals surface area contributed by atoms with Gasteiger partial charge >= 0.3 is 0 Å². The monoisotopic (exact) mass is 440 g/mol. The summed E-state index contributed by atoms with van der Waals surface area (Å²) in [6.07, 6.45) is 0. The number of hydrogen-bond donors (Lipinski definition) is 1. The molecule has 2 aromatic carbocycles. The fourth-order valence-electron chi connectivity index (χ4n) is 3.18. The Labute approximate surface area is 181 Å². The molecule has 0 aliphatic rings. The normalized spacial score (nSPS) is 11.3. The maximum atomic E-state index is 14.0. The Kier molecular flexibility index (Phi) is 5.56. The first-order chi connectivity index (χ1) is 14.8. The van der Waals surface area contributed by atoms with Crippen molar-refractivity contribution in [1.82, 2.24) is 14.7 Å². The Morgan fingerprint density at radius 1 is 1.23 bits per heavy atom. The van der Waals surface area contributed by atoms with Crippen molar-refractivity contribution < 1.29 is 13.7 Å². The second kappa shape index (κ2) is 8.31. The molecule has 2 aromatic heterocycles. The highest BCUT2D eigenvalue weighted by molar-refractivity contribution is 6.30. The number of benzene rings is 2. The van der Waals surface area contributed by atoms with E-state index in [1.807, 2.05) is 19.9 Å². The van der Waals surface area contributed by atoms with Gasteiger partial charge in [0, 0.05) is 22.4 Å². The summed E-state index contributed by atoms with van der Waals surface area (Å²) < 4.78 is 20.7. The summed E-state index contributed by atoms with van der Waals surface area (Å²) in [5.74, 6) is -0.377. The van der Waals surface area contributed by atoms with Gasteiger partial charge in [-0.2, -0.15) is 4.98 Å². The lowest BCUT2D eigenvalue weighted by Gasteiger charge is -2.12. The Hall–Kier alpha value is -3.52. The Morgan fingerprint density at radius 2 is 2.00 bits per heavy atom. The molecule has 4 rings (SSSR count). The number of rotatable bonds is 5. The van der Waals surface area contributed by atoms with Gasteiger partial charge in [-0.25, -0.2) is 4.39 Å². The Balaban J connectivity index is 1.71. The molecule has 0 fully saturated rings. The van der Waals surface area contributed by atoms with Crippen LogP contribution in [0.5, 0.6) is 0 Å². The van der Waals surface area contributed by atoms with Gasteiger partial charge in [0.05, 0.1) is 16.8 Å². The minimum absolute atomic E-state index is 0.0181. The van der Waals surface area contributed by atoms with Crippen molar-refractivity contribution in [2.75, 3.05) is 5.32 Å². The van der Waals surface area contributed by atoms with Gasteiger partial charge in [-0.05, 0) is 24.3 Å². The number of para-hydroxylation sites is 1. The summed E-state index contributed by atoms with van der Waals surface area (Å²) in [6, 6.07) is 12.4. The number of halogens is 2. The molecule has 0 radical (unpaired) electrons. The summed E-state index contributed by atoms with van der Waals surface area (Å²) in [5, 5.41) is 7.31. The topological polar surface area (TPSA) is 90.0 Å². The number of nitrogens with zero attached hydrogens (tertiary/aromatic N) is 3. The number of carbonyl (C=O) groups excluding carboxylic acids is 1. The van der Waals surface area contributed by atoms with Gasteiger partial charge < -0.3 is 9.84 Å². The van der Waals surface area contributed by atoms with Gasteiger partial charge in [0.25, 0.3) is 11.4 Å². The highest BCUT2D eigenvalue weighted by Crippen LogP contribution is 2.27. The predicted octanol–water partition coefficient (Wildman–Crippen LogP) is 4.61. The molecule has 1 amide bonds. The number of nitrogens with one attached hydrogen (secondary N) is 1. The molecule has 0 aliphatic carbocycles. The van der Waals surface area contributed by atoms with Crippen molar-refractivity contribution in [3.63, 3.8) is 0 Å². The first-order valence-corrected chi connectivity index (χ1v) is 9.92. The second-order valence-electron chi connectivity index (χ2n) is 7.28. The zero-order valence-electron chi connectivity index (χ0n) is 16.7. The lowest BCUT2D eigenvalue weighted by Crippen LogP contribution is -2.28. The Bertz CT molecular complexity index is 1350. The van der Waals surface area contributed by atoms with Gasteiger partial charge in [-0.3, -0.25) is 14.2 Å². The van der Waals surface area contributed by atoms with E-state index in [0.29, 0.717) is 22.3 Å². The summed E-state index contributed by atoms with van der Waals surface area (Å²) in [4.78, 5) is 29.8. The molecule has 7 nitrogen and oxygen atoms in total. The minimum atomic E-state index is -0.661. The van der Waals surface area contributed by atoms with Crippen molar-refractivity contribution in [2.24, 2.45) is 0 Å². The number of fused-ring (bicyclic) bond motifs is 1. The van der Waals surface area contributed by atoms with Crippen LogP contribution in [0.1, 0.15) is 25.6 Å². The van der Waals surface area contributed by atoms with E-state index in [4.69, 9.17) is 16.1 Å². The molecule has 0 spiro atoms. The number of anilines is 1. The molecular weight excluding hydrogens is 423 g/mol. The quantitative estimate of drug-likeness (QED) is 0.489. The fourth-order valence-corrected chi connectivity index (χ4v) is 3.34. The van der Waals surface area contributed by atoms with Crippen molar-refractivity contribution in [1.29, 1.82) is 0 Å². The molecule has 0 aliphatic heterocycles. The van der Waals surface area contributed by atoms with Crippen molar-refractivity contribution >= 4 is 34.1 Å². The van der Waals surface area contributed by atoms with Crippen LogP contribution in [0.25, 0.3) is 22.4 Å². The molecule has 0 atom stereocenters. The zero-order chi connectivity index (χ0) is 22.1. The van der Waals surface area contributed by atoms with E-state index < -0.39 is 17.3 Å². The minimum Gasteiger partial charge on any atom is -0.334 e. The average molecular weight is 441 g/mol. The third kappa shape index (κ3) is 4.20. The maximum absolute atomic E-state index is 14.0. The molecule has 9 heteroatoms. The van der Waals surface area contributed by atoms with E-state index in [9.17, 15) is 14.0 Å². The number of pyridine rings is 1. The highest BCUT2D eigenvalue weighted by atomic mass is 35.5. The number of aromatic nitrogens is 3. The van der Waals surface area contributed by atoms with Crippen molar-refractivity contribution in [3.05, 3.63) is 75.5 Å². The van der Waals surface area contributed by atoms with Crippen LogP contribution in [0, 0.1) is 5.82 Å². The zero-order valence-corrected chi connectivity index (χ0v) is 17.5. The van der Waals surface area contributed by atoms with E-state index in [0.717, 1.165) is 6.07 Å². The van der Waals surface area contributed by atoms with E-state index >= 15 is 0 Å². The largest absolute Gasteiger partial charge is 0.334 e. The first kappa shape index (κ1) is 20.7. The molecule has 2 heterocycles. The van der Waals surface area contributed by atoms with Gasteiger partial charge in [-0.1, -0.05) is 48.8 Å². The van der Waals surface area contributed by atoms with Crippen molar-refractivity contribution in [2.45, 2.75) is 26.3 Å². The van der Waals surface area contributed by atoms with Crippen LogP contribution in [-0.2, 0) is 11.3 Å².